The normalized spacial score (nSPS) is 18.0. The lowest BCUT2D eigenvalue weighted by atomic mass is 9.93. The van der Waals surface area contributed by atoms with Crippen molar-refractivity contribution in [3.63, 3.8) is 0 Å². The van der Waals surface area contributed by atoms with Gasteiger partial charge in [0.2, 0.25) is 0 Å². The van der Waals surface area contributed by atoms with Gasteiger partial charge in [-0.2, -0.15) is 0 Å². The van der Waals surface area contributed by atoms with E-state index in [2.05, 4.69) is 0 Å². The first-order valence-corrected chi connectivity index (χ1v) is 10.9. The minimum absolute atomic E-state index is 0.0114. The topological polar surface area (TPSA) is 70.1 Å². The van der Waals surface area contributed by atoms with Gasteiger partial charge in [-0.25, -0.2) is 0 Å². The fourth-order valence-corrected chi connectivity index (χ4v) is 4.40. The Kier molecular flexibility index (Phi) is 7.49. The molecular weight excluding hydrogens is 451 g/mol. The summed E-state index contributed by atoms with van der Waals surface area (Å²) in [7, 11) is 5.43. The standard InChI is InChI=1S/C24H26Cl2N2O4/c1-14-12-16(32-4)7-9-17(14)22(29)20-21(18-8-6-15(25)13-19(18)26)28(24(31)23(20)30)11-5-10-27(2)3/h6-9,12-13,21,29H,5,10-11H2,1-4H3/b22-20+/t21-/m1/s1. The van der Waals surface area contributed by atoms with Crippen LogP contribution in [0.15, 0.2) is 42.0 Å². The Hall–Kier alpha value is -2.54. The lowest BCUT2D eigenvalue weighted by Crippen LogP contribution is -2.32. The van der Waals surface area contributed by atoms with Gasteiger partial charge in [0.05, 0.1) is 18.7 Å². The minimum Gasteiger partial charge on any atom is -0.507 e. The number of aliphatic hydroxyl groups is 1. The molecule has 3 rings (SSSR count). The van der Waals surface area contributed by atoms with E-state index in [0.29, 0.717) is 45.5 Å². The number of methoxy groups -OCH3 is 1. The fourth-order valence-electron chi connectivity index (χ4n) is 3.89. The molecule has 0 bridgehead atoms. The lowest BCUT2D eigenvalue weighted by molar-refractivity contribution is -0.139. The van der Waals surface area contributed by atoms with Gasteiger partial charge in [-0.15, -0.1) is 0 Å². The molecule has 1 aliphatic rings. The second kappa shape index (κ2) is 9.94. The fraction of sp³-hybridized carbons (Fsp3) is 0.333. The highest BCUT2D eigenvalue weighted by Gasteiger charge is 2.46. The summed E-state index contributed by atoms with van der Waals surface area (Å²) in [5.74, 6) is -1.01. The van der Waals surface area contributed by atoms with E-state index in [1.807, 2.05) is 19.0 Å². The summed E-state index contributed by atoms with van der Waals surface area (Å²) >= 11 is 12.5. The smallest absolute Gasteiger partial charge is 0.295 e. The lowest BCUT2D eigenvalue weighted by Gasteiger charge is -2.26. The Morgan fingerprint density at radius 3 is 2.47 bits per heavy atom. The van der Waals surface area contributed by atoms with Crippen LogP contribution in [0, 0.1) is 6.92 Å². The number of aliphatic hydroxyl groups excluding tert-OH is 1. The molecule has 1 fully saturated rings. The number of hydrogen-bond acceptors (Lipinski definition) is 5. The van der Waals surface area contributed by atoms with Crippen LogP contribution in [-0.4, -0.2) is 60.9 Å². The number of ether oxygens (including phenoxy) is 1. The van der Waals surface area contributed by atoms with Crippen LogP contribution in [0.2, 0.25) is 10.0 Å². The molecular formula is C24H26Cl2N2O4. The molecule has 2 aromatic carbocycles. The van der Waals surface area contributed by atoms with Crippen molar-refractivity contribution < 1.29 is 19.4 Å². The number of halogens is 2. The van der Waals surface area contributed by atoms with Crippen molar-refractivity contribution in [3.8, 4) is 5.75 Å². The first-order valence-electron chi connectivity index (χ1n) is 10.2. The van der Waals surface area contributed by atoms with Gasteiger partial charge in [-0.3, -0.25) is 9.59 Å². The Morgan fingerprint density at radius 1 is 1.16 bits per heavy atom. The summed E-state index contributed by atoms with van der Waals surface area (Å²) in [4.78, 5) is 29.6. The second-order valence-corrected chi connectivity index (χ2v) is 8.84. The maximum Gasteiger partial charge on any atom is 0.295 e. The van der Waals surface area contributed by atoms with Crippen molar-refractivity contribution in [1.82, 2.24) is 9.80 Å². The maximum atomic E-state index is 13.1. The molecule has 0 unspecified atom stereocenters. The number of carbonyl (C=O) groups is 2. The molecule has 0 aromatic heterocycles. The van der Waals surface area contributed by atoms with Gasteiger partial charge in [0.15, 0.2) is 0 Å². The van der Waals surface area contributed by atoms with Gasteiger partial charge < -0.3 is 19.6 Å². The van der Waals surface area contributed by atoms with Crippen LogP contribution in [0.1, 0.15) is 29.2 Å². The van der Waals surface area contributed by atoms with E-state index in [1.54, 1.807) is 50.4 Å². The number of ketones is 1. The molecule has 32 heavy (non-hydrogen) atoms. The van der Waals surface area contributed by atoms with Gasteiger partial charge in [-0.1, -0.05) is 29.3 Å². The highest BCUT2D eigenvalue weighted by Crippen LogP contribution is 2.43. The van der Waals surface area contributed by atoms with E-state index in [0.717, 1.165) is 6.54 Å². The number of likely N-dealkylation sites (tertiary alicyclic amines) is 1. The summed E-state index contributed by atoms with van der Waals surface area (Å²) in [6.07, 6.45) is 0.656. The number of rotatable bonds is 7. The average Bonchev–Trinajstić information content (AvgIpc) is 2.98. The van der Waals surface area contributed by atoms with E-state index in [4.69, 9.17) is 27.9 Å². The first kappa shape index (κ1) is 24.1. The number of Topliss-reactive ketones (excluding diaryl/α,β-unsaturated/α-hetero) is 1. The van der Waals surface area contributed by atoms with Crippen LogP contribution >= 0.6 is 23.2 Å². The van der Waals surface area contributed by atoms with Crippen LogP contribution in [0.3, 0.4) is 0 Å². The summed E-state index contributed by atoms with van der Waals surface area (Å²) in [6, 6.07) is 9.21. The number of carbonyl (C=O) groups excluding carboxylic acids is 2. The zero-order valence-corrected chi connectivity index (χ0v) is 20.0. The maximum absolute atomic E-state index is 13.1. The number of hydrogen-bond donors (Lipinski definition) is 1. The molecule has 1 N–H and O–H groups in total. The number of benzene rings is 2. The van der Waals surface area contributed by atoms with E-state index in [9.17, 15) is 14.7 Å². The molecule has 1 aliphatic heterocycles. The minimum atomic E-state index is -0.816. The molecule has 2 aromatic rings. The van der Waals surface area contributed by atoms with Crippen LogP contribution in [-0.2, 0) is 9.59 Å². The molecule has 1 atom stereocenters. The van der Waals surface area contributed by atoms with Gasteiger partial charge in [0.1, 0.15) is 11.5 Å². The molecule has 8 heteroatoms. The molecule has 0 saturated carbocycles. The Bertz CT molecular complexity index is 1080. The summed E-state index contributed by atoms with van der Waals surface area (Å²) in [5, 5.41) is 12.0. The van der Waals surface area contributed by atoms with E-state index < -0.39 is 17.7 Å². The van der Waals surface area contributed by atoms with Crippen LogP contribution < -0.4 is 4.74 Å². The van der Waals surface area contributed by atoms with Crippen molar-refractivity contribution in [2.75, 3.05) is 34.3 Å². The van der Waals surface area contributed by atoms with E-state index in [-0.39, 0.29) is 11.3 Å². The van der Waals surface area contributed by atoms with Gasteiger partial charge in [0.25, 0.3) is 11.7 Å². The SMILES string of the molecule is COc1ccc(/C(O)=C2\C(=O)C(=O)N(CCCN(C)C)[C@@H]2c2ccc(Cl)cc2Cl)c(C)c1. The molecule has 170 valence electrons. The summed E-state index contributed by atoms with van der Waals surface area (Å²) < 4.78 is 5.23. The Labute approximate surface area is 198 Å². The number of nitrogens with zero attached hydrogens (tertiary/aromatic N) is 2. The predicted octanol–water partition coefficient (Wildman–Crippen LogP) is 4.68. The largest absolute Gasteiger partial charge is 0.507 e. The zero-order valence-electron chi connectivity index (χ0n) is 18.5. The molecule has 1 saturated heterocycles. The Balaban J connectivity index is 2.16. The third-order valence-corrected chi connectivity index (χ3v) is 6.05. The van der Waals surface area contributed by atoms with E-state index >= 15 is 0 Å². The predicted molar refractivity (Wildman–Crippen MR) is 126 cm³/mol. The summed E-state index contributed by atoms with van der Waals surface area (Å²) in [6.45, 7) is 2.88. The van der Waals surface area contributed by atoms with Crippen LogP contribution in [0.4, 0.5) is 0 Å². The molecule has 0 aliphatic carbocycles. The molecule has 0 radical (unpaired) electrons. The van der Waals surface area contributed by atoms with Crippen molar-refractivity contribution in [3.05, 3.63) is 68.7 Å². The highest BCUT2D eigenvalue weighted by molar-refractivity contribution is 6.47. The van der Waals surface area contributed by atoms with Crippen molar-refractivity contribution in [1.29, 1.82) is 0 Å². The van der Waals surface area contributed by atoms with Crippen LogP contribution in [0.25, 0.3) is 5.76 Å². The van der Waals surface area contributed by atoms with E-state index in [1.165, 1.54) is 4.90 Å². The second-order valence-electron chi connectivity index (χ2n) is 8.00. The number of aryl methyl sites for hydroxylation is 1. The molecule has 0 spiro atoms. The van der Waals surface area contributed by atoms with Crippen molar-refractivity contribution in [2.24, 2.45) is 0 Å². The molecule has 6 nitrogen and oxygen atoms in total. The van der Waals surface area contributed by atoms with Crippen molar-refractivity contribution >= 4 is 40.7 Å². The van der Waals surface area contributed by atoms with Crippen LogP contribution in [0.5, 0.6) is 5.75 Å². The average molecular weight is 477 g/mol. The monoisotopic (exact) mass is 476 g/mol. The highest BCUT2D eigenvalue weighted by atomic mass is 35.5. The quantitative estimate of drug-likeness (QED) is 0.356. The third kappa shape index (κ3) is 4.77. The third-order valence-electron chi connectivity index (χ3n) is 5.49. The molecule has 1 heterocycles. The van der Waals surface area contributed by atoms with Gasteiger partial charge in [0, 0.05) is 22.2 Å². The molecule has 1 amide bonds. The first-order chi connectivity index (χ1) is 15.1. The number of amides is 1. The Morgan fingerprint density at radius 2 is 1.88 bits per heavy atom. The van der Waals surface area contributed by atoms with Crippen molar-refractivity contribution in [2.45, 2.75) is 19.4 Å². The van der Waals surface area contributed by atoms with Gasteiger partial charge >= 0.3 is 0 Å². The summed E-state index contributed by atoms with van der Waals surface area (Å²) in [5.41, 5.74) is 1.71. The van der Waals surface area contributed by atoms with Gasteiger partial charge in [-0.05, 0) is 75.4 Å². The zero-order chi connectivity index (χ0) is 23.6.